The molecule has 0 saturated heterocycles. The van der Waals surface area contributed by atoms with Crippen molar-refractivity contribution in [2.75, 3.05) is 5.32 Å². The molecule has 1 aromatic heterocycles. The van der Waals surface area contributed by atoms with E-state index in [1.807, 2.05) is 0 Å². The molecule has 0 aliphatic heterocycles. The van der Waals surface area contributed by atoms with E-state index in [2.05, 4.69) is 10.3 Å². The normalized spacial score (nSPS) is 10.3. The van der Waals surface area contributed by atoms with Crippen molar-refractivity contribution in [3.63, 3.8) is 0 Å². The van der Waals surface area contributed by atoms with Gasteiger partial charge >= 0.3 is 5.97 Å². The van der Waals surface area contributed by atoms with E-state index in [0.717, 1.165) is 29.5 Å². The molecular weight excluding hydrogens is 262 g/mol. The van der Waals surface area contributed by atoms with Gasteiger partial charge in [0.05, 0.1) is 12.2 Å². The number of halogens is 2. The van der Waals surface area contributed by atoms with Crippen molar-refractivity contribution >= 4 is 23.0 Å². The first-order valence-electron chi connectivity index (χ1n) is 4.92. The summed E-state index contributed by atoms with van der Waals surface area (Å²) in [7, 11) is 0. The van der Waals surface area contributed by atoms with Gasteiger partial charge in [0.25, 0.3) is 0 Å². The Morgan fingerprint density at radius 2 is 2.00 bits per heavy atom. The number of carbonyl (C=O) groups is 1. The zero-order valence-electron chi connectivity index (χ0n) is 8.98. The summed E-state index contributed by atoms with van der Waals surface area (Å²) in [6.07, 6.45) is 0. The van der Waals surface area contributed by atoms with E-state index in [-0.39, 0.29) is 17.2 Å². The average molecular weight is 270 g/mol. The fraction of sp³-hybridized carbons (Fsp3) is 0.0909. The summed E-state index contributed by atoms with van der Waals surface area (Å²) in [5, 5.41) is 13.0. The van der Waals surface area contributed by atoms with E-state index in [1.165, 1.54) is 0 Å². The molecule has 0 spiro atoms. The fourth-order valence-electron chi connectivity index (χ4n) is 1.33. The van der Waals surface area contributed by atoms with Crippen LogP contribution >= 0.6 is 11.3 Å². The van der Waals surface area contributed by atoms with Crippen LogP contribution in [0.25, 0.3) is 0 Å². The van der Waals surface area contributed by atoms with Crippen molar-refractivity contribution in [2.45, 2.75) is 6.54 Å². The molecule has 0 fully saturated rings. The summed E-state index contributed by atoms with van der Waals surface area (Å²) in [6.45, 7) is 0.201. The number of hydrogen-bond donors (Lipinski definition) is 2. The van der Waals surface area contributed by atoms with Crippen LogP contribution in [-0.2, 0) is 6.54 Å². The molecule has 0 aliphatic carbocycles. The number of anilines is 1. The number of carboxylic acid groups (broad SMARTS) is 1. The number of carboxylic acids is 1. The van der Waals surface area contributed by atoms with Gasteiger partial charge in [-0.25, -0.2) is 18.6 Å². The highest BCUT2D eigenvalue weighted by Gasteiger charge is 2.08. The molecule has 0 amide bonds. The summed E-state index contributed by atoms with van der Waals surface area (Å²) in [6, 6.07) is 3.07. The lowest BCUT2D eigenvalue weighted by Gasteiger charge is -2.04. The van der Waals surface area contributed by atoms with Gasteiger partial charge in [0.2, 0.25) is 5.01 Å². The quantitative estimate of drug-likeness (QED) is 0.896. The molecule has 0 radical (unpaired) electrons. The van der Waals surface area contributed by atoms with E-state index in [0.29, 0.717) is 5.69 Å². The first-order chi connectivity index (χ1) is 8.54. The number of aromatic carboxylic acids is 1. The molecule has 2 N–H and O–H groups in total. The molecule has 2 rings (SSSR count). The molecular formula is C11H8F2N2O2S. The Morgan fingerprint density at radius 3 is 2.56 bits per heavy atom. The molecule has 7 heteroatoms. The van der Waals surface area contributed by atoms with E-state index in [9.17, 15) is 13.6 Å². The molecule has 0 unspecified atom stereocenters. The minimum Gasteiger partial charge on any atom is -0.476 e. The van der Waals surface area contributed by atoms with Gasteiger partial charge < -0.3 is 10.4 Å². The maximum absolute atomic E-state index is 12.9. The molecule has 18 heavy (non-hydrogen) atoms. The standard InChI is InChI=1S/C11H8F2N2O2S/c12-6-1-7(13)3-8(2-6)14-4-9-5-18-10(15-9)11(16)17/h1-3,5,14H,4H2,(H,16,17). The van der Waals surface area contributed by atoms with Gasteiger partial charge in [-0.15, -0.1) is 11.3 Å². The second kappa shape index (κ2) is 5.09. The number of nitrogens with zero attached hydrogens (tertiary/aromatic N) is 1. The maximum Gasteiger partial charge on any atom is 0.365 e. The Balaban J connectivity index is 2.04. The third kappa shape index (κ3) is 3.01. The topological polar surface area (TPSA) is 62.2 Å². The Kier molecular flexibility index (Phi) is 3.52. The lowest BCUT2D eigenvalue weighted by Crippen LogP contribution is -2.02. The van der Waals surface area contributed by atoms with Crippen molar-refractivity contribution in [3.05, 3.63) is 45.9 Å². The van der Waals surface area contributed by atoms with Crippen LogP contribution < -0.4 is 5.32 Å². The minimum atomic E-state index is -1.09. The van der Waals surface area contributed by atoms with Crippen LogP contribution in [0.1, 0.15) is 15.5 Å². The van der Waals surface area contributed by atoms with Gasteiger partial charge in [-0.2, -0.15) is 0 Å². The summed E-state index contributed by atoms with van der Waals surface area (Å²) in [5.41, 5.74) is 0.777. The number of nitrogens with one attached hydrogen (secondary N) is 1. The summed E-state index contributed by atoms with van der Waals surface area (Å²) in [5.74, 6) is -2.45. The summed E-state index contributed by atoms with van der Waals surface area (Å²) in [4.78, 5) is 14.4. The highest BCUT2D eigenvalue weighted by atomic mass is 32.1. The minimum absolute atomic E-state index is 0.0165. The van der Waals surface area contributed by atoms with E-state index < -0.39 is 17.6 Å². The molecule has 0 bridgehead atoms. The number of benzene rings is 1. The zero-order chi connectivity index (χ0) is 13.1. The van der Waals surface area contributed by atoms with Crippen LogP contribution in [0.15, 0.2) is 23.6 Å². The monoisotopic (exact) mass is 270 g/mol. The first-order valence-corrected chi connectivity index (χ1v) is 5.80. The molecule has 4 nitrogen and oxygen atoms in total. The highest BCUT2D eigenvalue weighted by Crippen LogP contribution is 2.15. The van der Waals surface area contributed by atoms with Crippen molar-refractivity contribution < 1.29 is 18.7 Å². The lowest BCUT2D eigenvalue weighted by molar-refractivity contribution is 0.0696. The predicted molar refractivity (Wildman–Crippen MR) is 62.8 cm³/mol. The largest absolute Gasteiger partial charge is 0.476 e. The molecule has 1 aromatic carbocycles. The zero-order valence-corrected chi connectivity index (χ0v) is 9.80. The SMILES string of the molecule is O=C(O)c1nc(CNc2cc(F)cc(F)c2)cs1. The molecule has 1 heterocycles. The Labute approximate surface area is 105 Å². The van der Waals surface area contributed by atoms with Crippen LogP contribution in [-0.4, -0.2) is 16.1 Å². The maximum atomic E-state index is 12.9. The van der Waals surface area contributed by atoms with Crippen molar-refractivity contribution in [2.24, 2.45) is 0 Å². The van der Waals surface area contributed by atoms with Gasteiger partial charge in [-0.1, -0.05) is 0 Å². The van der Waals surface area contributed by atoms with Gasteiger partial charge in [-0.3, -0.25) is 0 Å². The molecule has 0 saturated carbocycles. The van der Waals surface area contributed by atoms with Crippen LogP contribution in [0.3, 0.4) is 0 Å². The second-order valence-electron chi connectivity index (χ2n) is 3.46. The first kappa shape index (κ1) is 12.4. The molecule has 2 aromatic rings. The third-order valence-corrected chi connectivity index (χ3v) is 2.95. The van der Waals surface area contributed by atoms with Gasteiger partial charge in [0.15, 0.2) is 0 Å². The average Bonchev–Trinajstić information content (AvgIpc) is 2.73. The van der Waals surface area contributed by atoms with Crippen molar-refractivity contribution in [1.82, 2.24) is 4.98 Å². The molecule has 0 atom stereocenters. The summed E-state index contributed by atoms with van der Waals surface area (Å²) < 4.78 is 25.8. The van der Waals surface area contributed by atoms with Crippen LogP contribution in [0, 0.1) is 11.6 Å². The Hall–Kier alpha value is -2.02. The van der Waals surface area contributed by atoms with E-state index >= 15 is 0 Å². The fourth-order valence-corrected chi connectivity index (χ4v) is 1.99. The number of thiazole rings is 1. The number of aromatic nitrogens is 1. The Morgan fingerprint density at radius 1 is 1.33 bits per heavy atom. The molecule has 0 aliphatic rings. The third-order valence-electron chi connectivity index (χ3n) is 2.07. The van der Waals surface area contributed by atoms with Gasteiger partial charge in [0.1, 0.15) is 11.6 Å². The number of rotatable bonds is 4. The van der Waals surface area contributed by atoms with Crippen LogP contribution in [0.4, 0.5) is 14.5 Å². The van der Waals surface area contributed by atoms with Crippen molar-refractivity contribution in [3.8, 4) is 0 Å². The van der Waals surface area contributed by atoms with Gasteiger partial charge in [0, 0.05) is 17.1 Å². The lowest BCUT2D eigenvalue weighted by atomic mass is 10.3. The smallest absolute Gasteiger partial charge is 0.365 e. The molecule has 94 valence electrons. The summed E-state index contributed by atoms with van der Waals surface area (Å²) >= 11 is 1.00. The van der Waals surface area contributed by atoms with E-state index in [4.69, 9.17) is 5.11 Å². The van der Waals surface area contributed by atoms with Crippen LogP contribution in [0.5, 0.6) is 0 Å². The Bertz CT molecular complexity index is 566. The van der Waals surface area contributed by atoms with Crippen LogP contribution in [0.2, 0.25) is 0 Å². The highest BCUT2D eigenvalue weighted by molar-refractivity contribution is 7.11. The predicted octanol–water partition coefficient (Wildman–Crippen LogP) is 2.73. The van der Waals surface area contributed by atoms with Crippen molar-refractivity contribution in [1.29, 1.82) is 0 Å². The van der Waals surface area contributed by atoms with E-state index in [1.54, 1.807) is 5.38 Å². The number of hydrogen-bond acceptors (Lipinski definition) is 4. The van der Waals surface area contributed by atoms with Gasteiger partial charge in [-0.05, 0) is 12.1 Å². The second-order valence-corrected chi connectivity index (χ2v) is 4.32.